The van der Waals surface area contributed by atoms with Crippen LogP contribution in [0.1, 0.15) is 74.8 Å². The zero-order chi connectivity index (χ0) is 25.9. The Morgan fingerprint density at radius 3 is 2.19 bits per heavy atom. The first kappa shape index (κ1) is 25.7. The fourth-order valence-electron chi connectivity index (χ4n) is 5.57. The molecule has 4 rings (SSSR count). The molecule has 2 aromatic rings. The van der Waals surface area contributed by atoms with Gasteiger partial charge >= 0.3 is 12.0 Å². The number of para-hydroxylation sites is 1. The number of urea groups is 1. The number of nitrogens with zero attached hydrogens (tertiary/aromatic N) is 2. The second-order valence-electron chi connectivity index (χ2n) is 11.0. The number of carboxylic acids is 1. The van der Waals surface area contributed by atoms with Gasteiger partial charge in [-0.05, 0) is 66.8 Å². The molecule has 2 fully saturated rings. The minimum absolute atomic E-state index is 0.0425. The zero-order valence-corrected chi connectivity index (χ0v) is 21.4. The Morgan fingerprint density at radius 2 is 1.61 bits per heavy atom. The van der Waals surface area contributed by atoms with Gasteiger partial charge in [-0.25, -0.2) is 4.79 Å². The lowest BCUT2D eigenvalue weighted by Gasteiger charge is -2.41. The normalized spacial score (nSPS) is 22.5. The molecule has 1 aliphatic heterocycles. The van der Waals surface area contributed by atoms with Crippen molar-refractivity contribution in [3.05, 3.63) is 65.7 Å². The highest BCUT2D eigenvalue weighted by Crippen LogP contribution is 2.43. The number of hydrogen-bond acceptors (Lipinski definition) is 3. The van der Waals surface area contributed by atoms with Crippen molar-refractivity contribution in [2.45, 2.75) is 65.0 Å². The third-order valence-corrected chi connectivity index (χ3v) is 7.71. The van der Waals surface area contributed by atoms with Crippen LogP contribution in [0.4, 0.5) is 10.5 Å². The van der Waals surface area contributed by atoms with Crippen LogP contribution in [0.15, 0.2) is 54.6 Å². The van der Waals surface area contributed by atoms with Crippen molar-refractivity contribution in [3.63, 3.8) is 0 Å². The lowest BCUT2D eigenvalue weighted by atomic mass is 9.71. The molecule has 3 amide bonds. The molecule has 0 radical (unpaired) electrons. The topological polar surface area (TPSA) is 90.0 Å². The number of carbonyl (C=O) groups excluding carboxylic acids is 2. The first-order valence-electron chi connectivity index (χ1n) is 12.9. The quantitative estimate of drug-likeness (QED) is 0.537. The van der Waals surface area contributed by atoms with Crippen LogP contribution in [0.3, 0.4) is 0 Å². The number of nitrogens with one attached hydrogen (secondary N) is 1. The number of hydrogen-bond donors (Lipinski definition) is 2. The fraction of sp³-hybridized carbons (Fsp3) is 0.483. The second-order valence-corrected chi connectivity index (χ2v) is 11.0. The summed E-state index contributed by atoms with van der Waals surface area (Å²) in [5, 5.41) is 11.4. The minimum Gasteiger partial charge on any atom is -0.481 e. The van der Waals surface area contributed by atoms with Crippen LogP contribution >= 0.6 is 0 Å². The van der Waals surface area contributed by atoms with E-state index in [1.54, 1.807) is 12.1 Å². The van der Waals surface area contributed by atoms with E-state index in [1.165, 1.54) is 0 Å². The van der Waals surface area contributed by atoms with Crippen molar-refractivity contribution in [1.82, 2.24) is 10.2 Å². The molecule has 7 nitrogen and oxygen atoms in total. The molecule has 1 atom stereocenters. The number of carbonyl (C=O) groups is 3. The van der Waals surface area contributed by atoms with Gasteiger partial charge in [0.25, 0.3) is 5.91 Å². The summed E-state index contributed by atoms with van der Waals surface area (Å²) in [6.07, 6.45) is 4.11. The molecule has 1 heterocycles. The van der Waals surface area contributed by atoms with Crippen molar-refractivity contribution < 1.29 is 19.5 Å². The zero-order valence-electron chi connectivity index (χ0n) is 21.4. The summed E-state index contributed by atoms with van der Waals surface area (Å²) in [4.78, 5) is 40.8. The van der Waals surface area contributed by atoms with Gasteiger partial charge in [-0.3, -0.25) is 14.5 Å². The number of carboxylic acid groups (broad SMARTS) is 1. The summed E-state index contributed by atoms with van der Waals surface area (Å²) < 4.78 is 0. The van der Waals surface area contributed by atoms with E-state index in [9.17, 15) is 14.4 Å². The standard InChI is InChI=1S/C29H37N3O4/c1-29(2,3)22-13-15-24(16-14-22)32-25(19-31(28(32)36)23-7-5-4-6-8-23)20-9-11-21(12-10-20)27(35)30-18-17-26(33)34/h4-12,22,24-25H,13-19H2,1-3H3,(H,30,35)(H,33,34). The van der Waals surface area contributed by atoms with E-state index < -0.39 is 5.97 Å². The summed E-state index contributed by atoms with van der Waals surface area (Å²) in [6, 6.07) is 17.3. The molecule has 0 aromatic heterocycles. The third-order valence-electron chi connectivity index (χ3n) is 7.71. The molecule has 0 bridgehead atoms. The van der Waals surface area contributed by atoms with Crippen molar-refractivity contribution in [2.75, 3.05) is 18.0 Å². The Balaban J connectivity index is 1.54. The van der Waals surface area contributed by atoms with Crippen LogP contribution in [0.5, 0.6) is 0 Å². The first-order chi connectivity index (χ1) is 17.1. The van der Waals surface area contributed by atoms with Crippen LogP contribution in [0.2, 0.25) is 0 Å². The summed E-state index contributed by atoms with van der Waals surface area (Å²) in [5.74, 6) is -0.584. The molecule has 2 aromatic carbocycles. The molecule has 1 unspecified atom stereocenters. The van der Waals surface area contributed by atoms with Gasteiger partial charge in [-0.1, -0.05) is 51.1 Å². The van der Waals surface area contributed by atoms with Crippen molar-refractivity contribution in [1.29, 1.82) is 0 Å². The van der Waals surface area contributed by atoms with Crippen LogP contribution in [0, 0.1) is 11.3 Å². The van der Waals surface area contributed by atoms with E-state index >= 15 is 0 Å². The maximum atomic E-state index is 13.8. The van der Waals surface area contributed by atoms with Crippen LogP contribution < -0.4 is 10.2 Å². The molecular weight excluding hydrogens is 454 g/mol. The van der Waals surface area contributed by atoms with Gasteiger partial charge in [0.05, 0.1) is 19.0 Å². The predicted octanol–water partition coefficient (Wildman–Crippen LogP) is 5.48. The molecule has 36 heavy (non-hydrogen) atoms. The van der Waals surface area contributed by atoms with E-state index in [0.29, 0.717) is 18.0 Å². The van der Waals surface area contributed by atoms with Gasteiger partial charge in [0.1, 0.15) is 0 Å². The Morgan fingerprint density at radius 1 is 0.972 bits per heavy atom. The summed E-state index contributed by atoms with van der Waals surface area (Å²) in [5.41, 5.74) is 2.65. The Kier molecular flexibility index (Phi) is 7.67. The Bertz CT molecular complexity index is 1070. The first-order valence-corrected chi connectivity index (χ1v) is 12.9. The van der Waals surface area contributed by atoms with Crippen molar-refractivity contribution in [3.8, 4) is 0 Å². The molecule has 192 valence electrons. The van der Waals surface area contributed by atoms with Gasteiger partial charge < -0.3 is 15.3 Å². The molecule has 2 aliphatic rings. The lowest BCUT2D eigenvalue weighted by Crippen LogP contribution is -2.43. The number of amides is 3. The molecule has 7 heteroatoms. The van der Waals surface area contributed by atoms with Crippen LogP contribution in [-0.4, -0.2) is 47.0 Å². The number of rotatable bonds is 7. The number of anilines is 1. The maximum Gasteiger partial charge on any atom is 0.325 e. The Labute approximate surface area is 213 Å². The minimum atomic E-state index is -0.948. The van der Waals surface area contributed by atoms with E-state index in [1.807, 2.05) is 47.4 Å². The van der Waals surface area contributed by atoms with E-state index in [-0.39, 0.29) is 42.4 Å². The summed E-state index contributed by atoms with van der Waals surface area (Å²) in [6.45, 7) is 7.56. The fourth-order valence-corrected chi connectivity index (χ4v) is 5.57. The SMILES string of the molecule is CC(C)(C)C1CCC(N2C(=O)N(c3ccccc3)CC2c2ccc(C(=O)NCCC(=O)O)cc2)CC1. The van der Waals surface area contributed by atoms with Crippen LogP contribution in [0.25, 0.3) is 0 Å². The van der Waals surface area contributed by atoms with Gasteiger partial charge in [-0.2, -0.15) is 0 Å². The highest BCUT2D eigenvalue weighted by atomic mass is 16.4. The highest BCUT2D eigenvalue weighted by molar-refractivity contribution is 5.96. The summed E-state index contributed by atoms with van der Waals surface area (Å²) >= 11 is 0. The van der Waals surface area contributed by atoms with E-state index in [2.05, 4.69) is 31.0 Å². The summed E-state index contributed by atoms with van der Waals surface area (Å²) in [7, 11) is 0. The van der Waals surface area contributed by atoms with Gasteiger partial charge in [-0.15, -0.1) is 0 Å². The van der Waals surface area contributed by atoms with Gasteiger partial charge in [0.2, 0.25) is 0 Å². The monoisotopic (exact) mass is 491 g/mol. The molecule has 2 N–H and O–H groups in total. The average Bonchev–Trinajstić information content (AvgIpc) is 3.21. The third kappa shape index (κ3) is 5.72. The number of aliphatic carboxylic acids is 1. The van der Waals surface area contributed by atoms with Gasteiger partial charge in [0.15, 0.2) is 0 Å². The molecule has 0 spiro atoms. The van der Waals surface area contributed by atoms with Gasteiger partial charge in [0, 0.05) is 23.8 Å². The van der Waals surface area contributed by atoms with E-state index in [0.717, 1.165) is 36.9 Å². The molecule has 1 saturated carbocycles. The van der Waals surface area contributed by atoms with Crippen LogP contribution in [-0.2, 0) is 4.79 Å². The largest absolute Gasteiger partial charge is 0.481 e. The average molecular weight is 492 g/mol. The smallest absolute Gasteiger partial charge is 0.325 e. The van der Waals surface area contributed by atoms with E-state index in [4.69, 9.17) is 5.11 Å². The Hall–Kier alpha value is -3.35. The maximum absolute atomic E-state index is 13.8. The van der Waals surface area contributed by atoms with Crippen molar-refractivity contribution in [2.24, 2.45) is 11.3 Å². The molecule has 1 aliphatic carbocycles. The van der Waals surface area contributed by atoms with Crippen molar-refractivity contribution >= 4 is 23.6 Å². The molecular formula is C29H37N3O4. The highest BCUT2D eigenvalue weighted by Gasteiger charge is 2.44. The molecule has 1 saturated heterocycles. The predicted molar refractivity (Wildman–Crippen MR) is 140 cm³/mol. The lowest BCUT2D eigenvalue weighted by molar-refractivity contribution is -0.136. The number of benzene rings is 2. The second kappa shape index (κ2) is 10.7.